The molecule has 1 aliphatic rings. The van der Waals surface area contributed by atoms with Crippen LogP contribution in [0.5, 0.6) is 0 Å². The normalized spacial score (nSPS) is 27.6. The summed E-state index contributed by atoms with van der Waals surface area (Å²) in [6, 6.07) is 0.0514. The van der Waals surface area contributed by atoms with Crippen LogP contribution in [0.1, 0.15) is 46.0 Å². The summed E-state index contributed by atoms with van der Waals surface area (Å²) >= 11 is 4.75. The third-order valence-corrected chi connectivity index (χ3v) is 5.93. The van der Waals surface area contributed by atoms with Crippen molar-refractivity contribution >= 4 is 27.2 Å². The summed E-state index contributed by atoms with van der Waals surface area (Å²) in [6.07, 6.45) is 5.31. The van der Waals surface area contributed by atoms with Gasteiger partial charge in [-0.05, 0) is 25.7 Å². The van der Waals surface area contributed by atoms with Crippen molar-refractivity contribution < 1.29 is 8.42 Å². The van der Waals surface area contributed by atoms with Crippen LogP contribution in [0.25, 0.3) is 0 Å². The average molecular weight is 278 g/mol. The summed E-state index contributed by atoms with van der Waals surface area (Å²) in [5.41, 5.74) is 5.41. The predicted molar refractivity (Wildman–Crippen MR) is 74.3 cm³/mol. The fourth-order valence-corrected chi connectivity index (χ4v) is 3.94. The van der Waals surface area contributed by atoms with E-state index in [4.69, 9.17) is 18.0 Å². The minimum atomic E-state index is -3.42. The predicted octanol–water partition coefficient (Wildman–Crippen LogP) is 1.55. The highest BCUT2D eigenvalue weighted by Crippen LogP contribution is 2.27. The fraction of sp³-hybridized carbons (Fsp3) is 0.909. The van der Waals surface area contributed by atoms with Crippen molar-refractivity contribution in [2.75, 3.05) is 0 Å². The molecule has 1 rings (SSSR count). The molecule has 0 bridgehead atoms. The lowest BCUT2D eigenvalue weighted by Crippen LogP contribution is -2.48. The third-order valence-electron chi connectivity index (χ3n) is 3.62. The van der Waals surface area contributed by atoms with Crippen LogP contribution in [-0.4, -0.2) is 24.7 Å². The molecule has 17 heavy (non-hydrogen) atoms. The van der Waals surface area contributed by atoms with E-state index in [9.17, 15) is 8.42 Å². The van der Waals surface area contributed by atoms with E-state index < -0.39 is 15.3 Å². The monoisotopic (exact) mass is 278 g/mol. The Labute approximate surface area is 109 Å². The molecule has 0 amide bonds. The molecule has 1 fully saturated rings. The Kier molecular flexibility index (Phi) is 5.34. The first kappa shape index (κ1) is 14.9. The Balaban J connectivity index is 2.72. The van der Waals surface area contributed by atoms with Crippen LogP contribution in [0.15, 0.2) is 0 Å². The van der Waals surface area contributed by atoms with Crippen LogP contribution in [0.3, 0.4) is 0 Å². The molecule has 0 radical (unpaired) electrons. The number of nitrogens with one attached hydrogen (secondary N) is 1. The van der Waals surface area contributed by atoms with Gasteiger partial charge in [-0.1, -0.05) is 38.4 Å². The Bertz CT molecular complexity index is 368. The minimum Gasteiger partial charge on any atom is -0.392 e. The number of sulfonamides is 1. The lowest BCUT2D eigenvalue weighted by atomic mass is 9.83. The highest BCUT2D eigenvalue weighted by atomic mass is 32.2. The molecule has 0 aliphatic heterocycles. The highest BCUT2D eigenvalue weighted by Gasteiger charge is 2.31. The molecule has 1 saturated carbocycles. The number of hydrogen-bond acceptors (Lipinski definition) is 3. The zero-order chi connectivity index (χ0) is 13.1. The van der Waals surface area contributed by atoms with Gasteiger partial charge < -0.3 is 5.73 Å². The standard InChI is InChI=1S/C11H22N2O2S2/c1-3-9-6-4-5-7-10(9)13-17(14,15)8(2)11(12)16/h8-10,13H,3-7H2,1-2H3,(H2,12,16). The van der Waals surface area contributed by atoms with Gasteiger partial charge in [-0.2, -0.15) is 0 Å². The van der Waals surface area contributed by atoms with Crippen molar-refractivity contribution in [3.8, 4) is 0 Å². The third kappa shape index (κ3) is 3.89. The molecule has 0 saturated heterocycles. The summed E-state index contributed by atoms with van der Waals surface area (Å²) in [4.78, 5) is 0.0290. The second-order valence-electron chi connectivity index (χ2n) is 4.77. The van der Waals surface area contributed by atoms with E-state index in [-0.39, 0.29) is 11.0 Å². The van der Waals surface area contributed by atoms with Gasteiger partial charge in [0.15, 0.2) is 0 Å². The number of rotatable bonds is 5. The maximum atomic E-state index is 12.0. The number of thiocarbonyl (C=S) groups is 1. The molecule has 3 N–H and O–H groups in total. The summed E-state index contributed by atoms with van der Waals surface area (Å²) in [6.45, 7) is 3.64. The molecular weight excluding hydrogens is 256 g/mol. The molecule has 6 heteroatoms. The van der Waals surface area contributed by atoms with Gasteiger partial charge in [0.1, 0.15) is 5.25 Å². The molecule has 3 atom stereocenters. The molecule has 1 aliphatic carbocycles. The van der Waals surface area contributed by atoms with Crippen molar-refractivity contribution in [2.45, 2.75) is 57.2 Å². The van der Waals surface area contributed by atoms with E-state index in [2.05, 4.69) is 11.6 Å². The minimum absolute atomic E-state index is 0.0290. The van der Waals surface area contributed by atoms with Crippen LogP contribution in [-0.2, 0) is 10.0 Å². The first-order chi connectivity index (χ1) is 7.88. The number of hydrogen-bond donors (Lipinski definition) is 2. The lowest BCUT2D eigenvalue weighted by molar-refractivity contribution is 0.282. The molecule has 100 valence electrons. The van der Waals surface area contributed by atoms with Crippen molar-refractivity contribution in [3.05, 3.63) is 0 Å². The van der Waals surface area contributed by atoms with Gasteiger partial charge in [0, 0.05) is 6.04 Å². The van der Waals surface area contributed by atoms with Crippen LogP contribution >= 0.6 is 12.2 Å². The van der Waals surface area contributed by atoms with Gasteiger partial charge in [0.05, 0.1) is 4.99 Å². The van der Waals surface area contributed by atoms with Gasteiger partial charge in [-0.25, -0.2) is 13.1 Å². The molecule has 0 aromatic heterocycles. The Hall–Kier alpha value is -0.200. The zero-order valence-corrected chi connectivity index (χ0v) is 12.1. The van der Waals surface area contributed by atoms with E-state index in [1.54, 1.807) is 0 Å². The van der Waals surface area contributed by atoms with E-state index in [1.165, 1.54) is 13.3 Å². The second kappa shape index (κ2) is 6.11. The summed E-state index contributed by atoms with van der Waals surface area (Å²) in [7, 11) is -3.42. The van der Waals surface area contributed by atoms with Gasteiger partial charge in [-0.3, -0.25) is 0 Å². The molecule has 0 heterocycles. The Morgan fingerprint density at radius 1 is 1.47 bits per heavy atom. The zero-order valence-electron chi connectivity index (χ0n) is 10.5. The SMILES string of the molecule is CCC1CCCCC1NS(=O)(=O)C(C)C(N)=S. The van der Waals surface area contributed by atoms with Crippen molar-refractivity contribution in [1.82, 2.24) is 4.72 Å². The van der Waals surface area contributed by atoms with Crippen LogP contribution < -0.4 is 10.5 Å². The van der Waals surface area contributed by atoms with E-state index >= 15 is 0 Å². The van der Waals surface area contributed by atoms with Gasteiger partial charge >= 0.3 is 0 Å². The van der Waals surface area contributed by atoms with Crippen molar-refractivity contribution in [3.63, 3.8) is 0 Å². The molecule has 0 aromatic carbocycles. The molecular formula is C11H22N2O2S2. The Morgan fingerprint density at radius 2 is 2.06 bits per heavy atom. The van der Waals surface area contributed by atoms with Crippen molar-refractivity contribution in [2.24, 2.45) is 11.7 Å². The quantitative estimate of drug-likeness (QED) is 0.748. The van der Waals surface area contributed by atoms with E-state index in [0.717, 1.165) is 25.7 Å². The maximum absolute atomic E-state index is 12.0. The Morgan fingerprint density at radius 3 is 2.59 bits per heavy atom. The van der Waals surface area contributed by atoms with Crippen LogP contribution in [0, 0.1) is 5.92 Å². The van der Waals surface area contributed by atoms with E-state index in [0.29, 0.717) is 5.92 Å². The summed E-state index contributed by atoms with van der Waals surface area (Å²) < 4.78 is 26.8. The first-order valence-corrected chi connectivity index (χ1v) is 8.14. The molecule has 4 nitrogen and oxygen atoms in total. The van der Waals surface area contributed by atoms with E-state index in [1.807, 2.05) is 0 Å². The summed E-state index contributed by atoms with van der Waals surface area (Å²) in [5.74, 6) is 0.442. The van der Waals surface area contributed by atoms with Crippen LogP contribution in [0.4, 0.5) is 0 Å². The highest BCUT2D eigenvalue weighted by molar-refractivity contribution is 7.93. The fourth-order valence-electron chi connectivity index (χ4n) is 2.32. The van der Waals surface area contributed by atoms with Gasteiger partial charge in [0.25, 0.3) is 0 Å². The largest absolute Gasteiger partial charge is 0.392 e. The molecule has 0 spiro atoms. The topological polar surface area (TPSA) is 72.2 Å². The smallest absolute Gasteiger partial charge is 0.220 e. The first-order valence-electron chi connectivity index (χ1n) is 6.19. The molecule has 3 unspecified atom stereocenters. The van der Waals surface area contributed by atoms with Gasteiger partial charge in [0.2, 0.25) is 10.0 Å². The summed E-state index contributed by atoms with van der Waals surface area (Å²) in [5, 5.41) is -0.795. The lowest BCUT2D eigenvalue weighted by Gasteiger charge is -2.32. The van der Waals surface area contributed by atoms with Crippen LogP contribution in [0.2, 0.25) is 0 Å². The van der Waals surface area contributed by atoms with Gasteiger partial charge in [-0.15, -0.1) is 0 Å². The average Bonchev–Trinajstić information content (AvgIpc) is 2.28. The number of nitrogens with two attached hydrogens (primary N) is 1. The molecule has 0 aromatic rings. The van der Waals surface area contributed by atoms with Crippen molar-refractivity contribution in [1.29, 1.82) is 0 Å². The second-order valence-corrected chi connectivity index (χ2v) is 7.27. The maximum Gasteiger partial charge on any atom is 0.220 e.